The molecule has 2 aromatic rings. The van der Waals surface area contributed by atoms with Gasteiger partial charge in [-0.2, -0.15) is 0 Å². The zero-order chi connectivity index (χ0) is 20.9. The highest BCUT2D eigenvalue weighted by Gasteiger charge is 2.35. The number of fused-ring (bicyclic) bond motifs is 2. The molecule has 7 nitrogen and oxygen atoms in total. The Balaban J connectivity index is 1.73. The van der Waals surface area contributed by atoms with E-state index in [4.69, 9.17) is 4.98 Å². The Morgan fingerprint density at radius 3 is 2.69 bits per heavy atom. The van der Waals surface area contributed by atoms with Crippen LogP contribution in [0.4, 0.5) is 0 Å². The van der Waals surface area contributed by atoms with Crippen molar-refractivity contribution in [3.05, 3.63) is 33.4 Å². The molecule has 0 saturated carbocycles. The topological polar surface area (TPSA) is 73.7 Å². The number of carbonyl (C=O) groups excluding carboxylic acids is 1. The van der Waals surface area contributed by atoms with Crippen LogP contribution >= 0.6 is 0 Å². The summed E-state index contributed by atoms with van der Waals surface area (Å²) in [5, 5.41) is 3.29. The standard InChI is InChI=1S/C22H33N5O2/c1-14(2)25-11-9-15-17(13-25)23-19-12-16(24-27(19)20(15)28)18-8-6-7-10-26(18)21(29)22(3,4)5/h12,14,18,24H,6-11,13H2,1-5H3/t18-/m1/s1. The molecular weight excluding hydrogens is 366 g/mol. The van der Waals surface area contributed by atoms with Crippen molar-refractivity contribution in [2.75, 3.05) is 13.1 Å². The van der Waals surface area contributed by atoms with Gasteiger partial charge in [0.15, 0.2) is 5.65 Å². The predicted molar refractivity (Wildman–Crippen MR) is 113 cm³/mol. The van der Waals surface area contributed by atoms with Crippen LogP contribution in [0.3, 0.4) is 0 Å². The second kappa shape index (κ2) is 7.27. The summed E-state index contributed by atoms with van der Waals surface area (Å²) in [6, 6.07) is 2.37. The van der Waals surface area contributed by atoms with Gasteiger partial charge < -0.3 is 4.90 Å². The number of rotatable bonds is 2. The second-order valence-corrected chi connectivity index (χ2v) is 9.82. The van der Waals surface area contributed by atoms with Gasteiger partial charge in [-0.3, -0.25) is 19.6 Å². The van der Waals surface area contributed by atoms with E-state index in [1.807, 2.05) is 31.7 Å². The van der Waals surface area contributed by atoms with Gasteiger partial charge in [-0.25, -0.2) is 9.50 Å². The van der Waals surface area contributed by atoms with Gasteiger partial charge in [0.2, 0.25) is 5.91 Å². The Hall–Kier alpha value is -2.15. The van der Waals surface area contributed by atoms with Gasteiger partial charge in [0.25, 0.3) is 5.56 Å². The first kappa shape index (κ1) is 20.1. The molecule has 1 amide bonds. The van der Waals surface area contributed by atoms with Crippen LogP contribution in [0.15, 0.2) is 10.9 Å². The summed E-state index contributed by atoms with van der Waals surface area (Å²) in [6.45, 7) is 12.6. The summed E-state index contributed by atoms with van der Waals surface area (Å²) in [5.41, 5.74) is 2.86. The van der Waals surface area contributed by atoms with E-state index >= 15 is 0 Å². The third-order valence-corrected chi connectivity index (χ3v) is 6.31. The number of hydrogen-bond donors (Lipinski definition) is 1. The smallest absolute Gasteiger partial charge is 0.276 e. The van der Waals surface area contributed by atoms with Crippen LogP contribution in [0.1, 0.15) is 76.9 Å². The second-order valence-electron chi connectivity index (χ2n) is 9.82. The Bertz CT molecular complexity index is 981. The van der Waals surface area contributed by atoms with Crippen molar-refractivity contribution in [2.45, 2.75) is 78.9 Å². The number of aromatic amines is 1. The highest BCUT2D eigenvalue weighted by molar-refractivity contribution is 5.82. The lowest BCUT2D eigenvalue weighted by molar-refractivity contribution is -0.143. The molecule has 0 bridgehead atoms. The minimum absolute atomic E-state index is 0.00386. The first-order chi connectivity index (χ1) is 13.7. The van der Waals surface area contributed by atoms with Gasteiger partial charge in [0, 0.05) is 42.7 Å². The van der Waals surface area contributed by atoms with E-state index in [1.54, 1.807) is 4.52 Å². The van der Waals surface area contributed by atoms with Crippen molar-refractivity contribution in [1.82, 2.24) is 24.4 Å². The van der Waals surface area contributed by atoms with Crippen LogP contribution in [0.5, 0.6) is 0 Å². The molecule has 2 aliphatic heterocycles. The number of hydrogen-bond acceptors (Lipinski definition) is 4. The molecule has 29 heavy (non-hydrogen) atoms. The van der Waals surface area contributed by atoms with Gasteiger partial charge in [0.05, 0.1) is 17.4 Å². The molecule has 7 heteroatoms. The molecule has 4 heterocycles. The van der Waals surface area contributed by atoms with E-state index < -0.39 is 5.41 Å². The predicted octanol–water partition coefficient (Wildman–Crippen LogP) is 2.89. The van der Waals surface area contributed by atoms with Crippen molar-refractivity contribution in [3.8, 4) is 0 Å². The van der Waals surface area contributed by atoms with Crippen LogP contribution in [0, 0.1) is 5.41 Å². The van der Waals surface area contributed by atoms with E-state index in [9.17, 15) is 9.59 Å². The van der Waals surface area contributed by atoms with Crippen LogP contribution in [0.2, 0.25) is 0 Å². The number of nitrogens with one attached hydrogen (secondary N) is 1. The number of piperidine rings is 1. The lowest BCUT2D eigenvalue weighted by Gasteiger charge is -2.38. The molecule has 1 atom stereocenters. The maximum atomic E-state index is 13.1. The fraction of sp³-hybridized carbons (Fsp3) is 0.682. The fourth-order valence-corrected chi connectivity index (χ4v) is 4.57. The molecule has 1 saturated heterocycles. The van der Waals surface area contributed by atoms with E-state index in [1.165, 1.54) is 0 Å². The molecule has 0 aliphatic carbocycles. The number of amides is 1. The summed E-state index contributed by atoms with van der Waals surface area (Å²) in [4.78, 5) is 35.3. The molecule has 158 valence electrons. The summed E-state index contributed by atoms with van der Waals surface area (Å²) in [6.07, 6.45) is 3.74. The van der Waals surface area contributed by atoms with Gasteiger partial charge in [0.1, 0.15) is 0 Å². The minimum Gasteiger partial charge on any atom is -0.334 e. The van der Waals surface area contributed by atoms with Crippen molar-refractivity contribution in [2.24, 2.45) is 5.41 Å². The van der Waals surface area contributed by atoms with E-state index in [0.717, 1.165) is 62.3 Å². The van der Waals surface area contributed by atoms with Gasteiger partial charge in [-0.1, -0.05) is 20.8 Å². The number of likely N-dealkylation sites (tertiary alicyclic amines) is 1. The van der Waals surface area contributed by atoms with E-state index in [2.05, 4.69) is 23.8 Å². The summed E-state index contributed by atoms with van der Waals surface area (Å²) in [7, 11) is 0. The molecule has 1 N–H and O–H groups in total. The molecular formula is C22H33N5O2. The van der Waals surface area contributed by atoms with Crippen molar-refractivity contribution in [3.63, 3.8) is 0 Å². The van der Waals surface area contributed by atoms with Crippen LogP contribution in [0.25, 0.3) is 5.65 Å². The Morgan fingerprint density at radius 2 is 2.00 bits per heavy atom. The monoisotopic (exact) mass is 399 g/mol. The summed E-state index contributed by atoms with van der Waals surface area (Å²) >= 11 is 0. The SMILES string of the molecule is CC(C)N1CCc2c(nc3cc([C@H]4CCCCN4C(=O)C(C)(C)C)[nH]n3c2=O)C1. The molecule has 2 aliphatic rings. The number of nitrogens with zero attached hydrogens (tertiary/aromatic N) is 4. The van der Waals surface area contributed by atoms with E-state index in [0.29, 0.717) is 11.7 Å². The van der Waals surface area contributed by atoms with Gasteiger partial charge >= 0.3 is 0 Å². The number of aromatic nitrogens is 3. The molecule has 0 unspecified atom stereocenters. The highest BCUT2D eigenvalue weighted by atomic mass is 16.2. The van der Waals surface area contributed by atoms with Crippen LogP contribution in [-0.4, -0.2) is 49.4 Å². The molecule has 0 aromatic carbocycles. The Morgan fingerprint density at radius 1 is 1.24 bits per heavy atom. The third kappa shape index (κ3) is 3.61. The zero-order valence-electron chi connectivity index (χ0n) is 18.3. The lowest BCUT2D eigenvalue weighted by Crippen LogP contribution is -2.44. The zero-order valence-corrected chi connectivity index (χ0v) is 18.3. The highest BCUT2D eigenvalue weighted by Crippen LogP contribution is 2.34. The third-order valence-electron chi connectivity index (χ3n) is 6.31. The maximum Gasteiger partial charge on any atom is 0.276 e. The summed E-state index contributed by atoms with van der Waals surface area (Å²) < 4.78 is 1.58. The quantitative estimate of drug-likeness (QED) is 0.843. The first-order valence-electron chi connectivity index (χ1n) is 10.9. The average molecular weight is 400 g/mol. The van der Waals surface area contributed by atoms with Crippen molar-refractivity contribution in [1.29, 1.82) is 0 Å². The molecule has 0 radical (unpaired) electrons. The molecule has 2 aromatic heterocycles. The van der Waals surface area contributed by atoms with E-state index in [-0.39, 0.29) is 17.5 Å². The van der Waals surface area contributed by atoms with Crippen LogP contribution < -0.4 is 5.56 Å². The first-order valence-corrected chi connectivity index (χ1v) is 10.9. The number of H-pyrrole nitrogens is 1. The molecule has 4 rings (SSSR count). The Labute approximate surface area is 172 Å². The van der Waals surface area contributed by atoms with Crippen LogP contribution in [-0.2, 0) is 17.8 Å². The maximum absolute atomic E-state index is 13.1. The van der Waals surface area contributed by atoms with Crippen molar-refractivity contribution >= 4 is 11.6 Å². The fourth-order valence-electron chi connectivity index (χ4n) is 4.57. The van der Waals surface area contributed by atoms with Gasteiger partial charge in [-0.15, -0.1) is 0 Å². The largest absolute Gasteiger partial charge is 0.334 e. The lowest BCUT2D eigenvalue weighted by atomic mass is 9.90. The van der Waals surface area contributed by atoms with Gasteiger partial charge in [-0.05, 0) is 39.5 Å². The normalized spacial score (nSPS) is 21.0. The summed E-state index contributed by atoms with van der Waals surface area (Å²) in [5.74, 6) is 0.160. The Kier molecular flexibility index (Phi) is 5.05. The minimum atomic E-state index is -0.421. The number of carbonyl (C=O) groups is 1. The van der Waals surface area contributed by atoms with Crippen molar-refractivity contribution < 1.29 is 4.79 Å². The average Bonchev–Trinajstić information content (AvgIpc) is 3.10. The molecule has 1 fully saturated rings. The molecule has 0 spiro atoms.